The number of nitrogens with zero attached hydrogens (tertiary/aromatic N) is 2. The van der Waals surface area contributed by atoms with Gasteiger partial charge in [-0.3, -0.25) is 13.9 Å². The molecule has 1 unspecified atom stereocenters. The quantitative estimate of drug-likeness (QED) is 0.497. The summed E-state index contributed by atoms with van der Waals surface area (Å²) in [6, 6.07) is 13.6. The molecule has 1 N–H and O–H groups in total. The van der Waals surface area contributed by atoms with Gasteiger partial charge in [0.1, 0.15) is 6.04 Å². The van der Waals surface area contributed by atoms with Gasteiger partial charge in [0.05, 0.1) is 11.9 Å². The third-order valence-corrected chi connectivity index (χ3v) is 6.85. The van der Waals surface area contributed by atoms with Gasteiger partial charge in [0, 0.05) is 30.1 Å². The van der Waals surface area contributed by atoms with E-state index < -0.39 is 21.6 Å². The van der Waals surface area contributed by atoms with Crippen molar-refractivity contribution in [1.82, 2.24) is 10.2 Å². The molecule has 7 nitrogen and oxygen atoms in total. The van der Waals surface area contributed by atoms with Crippen LogP contribution in [0.5, 0.6) is 0 Å². The lowest BCUT2D eigenvalue weighted by molar-refractivity contribution is -0.141. The molecule has 1 atom stereocenters. The van der Waals surface area contributed by atoms with Gasteiger partial charge in [0.2, 0.25) is 21.8 Å². The van der Waals surface area contributed by atoms with Gasteiger partial charge >= 0.3 is 0 Å². The zero-order valence-corrected chi connectivity index (χ0v) is 22.9. The molecule has 2 aromatic carbocycles. The molecular weight excluding hydrogens is 486 g/mol. The maximum Gasteiger partial charge on any atom is 0.242 e. The van der Waals surface area contributed by atoms with Crippen molar-refractivity contribution in [3.05, 3.63) is 64.7 Å². The number of anilines is 1. The predicted octanol–water partition coefficient (Wildman–Crippen LogP) is 4.53. The van der Waals surface area contributed by atoms with E-state index >= 15 is 0 Å². The maximum atomic E-state index is 13.3. The Kier molecular flexibility index (Phi) is 9.75. The molecule has 0 saturated heterocycles. The first-order valence-electron chi connectivity index (χ1n) is 11.6. The van der Waals surface area contributed by atoms with Gasteiger partial charge in [-0.2, -0.15) is 0 Å². The van der Waals surface area contributed by atoms with E-state index in [1.54, 1.807) is 31.2 Å². The molecule has 0 radical (unpaired) electrons. The number of sulfonamides is 1. The molecule has 2 amide bonds. The number of hydrogen-bond acceptors (Lipinski definition) is 4. The van der Waals surface area contributed by atoms with Crippen LogP contribution in [0.3, 0.4) is 0 Å². The Bertz CT molecular complexity index is 1110. The van der Waals surface area contributed by atoms with Gasteiger partial charge in [0.15, 0.2) is 0 Å². The van der Waals surface area contributed by atoms with Gasteiger partial charge < -0.3 is 10.2 Å². The molecule has 2 aromatic rings. The zero-order valence-electron chi connectivity index (χ0n) is 21.3. The Hall–Kier alpha value is -2.58. The van der Waals surface area contributed by atoms with E-state index in [-0.39, 0.29) is 31.3 Å². The van der Waals surface area contributed by atoms with Gasteiger partial charge in [-0.15, -0.1) is 0 Å². The predicted molar refractivity (Wildman–Crippen MR) is 142 cm³/mol. The summed E-state index contributed by atoms with van der Waals surface area (Å²) < 4.78 is 26.1. The molecular formula is C26H36ClN3O4S. The Labute approximate surface area is 214 Å². The minimum atomic E-state index is -3.52. The molecule has 0 aliphatic rings. The van der Waals surface area contributed by atoms with E-state index in [1.807, 2.05) is 52.0 Å². The van der Waals surface area contributed by atoms with Gasteiger partial charge in [0.25, 0.3) is 0 Å². The lowest BCUT2D eigenvalue weighted by atomic mass is 10.1. The van der Waals surface area contributed by atoms with Crippen molar-refractivity contribution in [1.29, 1.82) is 0 Å². The SMILES string of the molecule is Cc1ccc(N(CCCC(=O)N(Cc2ccc(Cl)cc2)C(C)C(=O)NC(C)(C)C)S(C)(=O)=O)cc1. The number of nitrogens with one attached hydrogen (secondary N) is 1. The van der Waals surface area contributed by atoms with Crippen LogP contribution in [0, 0.1) is 6.92 Å². The Balaban J connectivity index is 2.17. The molecule has 0 spiro atoms. The number of benzene rings is 2. The Morgan fingerprint density at radius 2 is 1.60 bits per heavy atom. The lowest BCUT2D eigenvalue weighted by Gasteiger charge is -2.32. The molecule has 0 heterocycles. The zero-order chi connectivity index (χ0) is 26.4. The van der Waals surface area contributed by atoms with E-state index in [9.17, 15) is 18.0 Å². The highest BCUT2D eigenvalue weighted by molar-refractivity contribution is 7.92. The fourth-order valence-corrected chi connectivity index (χ4v) is 4.65. The topological polar surface area (TPSA) is 86.8 Å². The fraction of sp³-hybridized carbons (Fsp3) is 0.462. The van der Waals surface area contributed by atoms with Crippen molar-refractivity contribution in [2.75, 3.05) is 17.1 Å². The summed E-state index contributed by atoms with van der Waals surface area (Å²) in [5.41, 5.74) is 1.99. The monoisotopic (exact) mass is 521 g/mol. The summed E-state index contributed by atoms with van der Waals surface area (Å²) in [6.07, 6.45) is 1.56. The first kappa shape index (κ1) is 28.7. The largest absolute Gasteiger partial charge is 0.350 e. The number of halogens is 1. The Morgan fingerprint density at radius 1 is 1.03 bits per heavy atom. The van der Waals surface area contributed by atoms with Crippen LogP contribution < -0.4 is 9.62 Å². The standard InChI is InChI=1S/C26H36ClN3O4S/c1-19-9-15-23(16-10-19)30(35(6,33)34)17-7-8-24(31)29(18-21-11-13-22(27)14-12-21)20(2)25(32)28-26(3,4)5/h9-16,20H,7-8,17-18H2,1-6H3,(H,28,32). The van der Waals surface area contributed by atoms with Crippen molar-refractivity contribution in [3.8, 4) is 0 Å². The fourth-order valence-electron chi connectivity index (χ4n) is 3.56. The number of aryl methyl sites for hydroxylation is 1. The van der Waals surface area contributed by atoms with Crippen molar-refractivity contribution in [2.45, 2.75) is 65.6 Å². The smallest absolute Gasteiger partial charge is 0.242 e. The minimum absolute atomic E-state index is 0.0958. The third-order valence-electron chi connectivity index (χ3n) is 5.41. The highest BCUT2D eigenvalue weighted by atomic mass is 35.5. The summed E-state index contributed by atoms with van der Waals surface area (Å²) in [6.45, 7) is 9.67. The average molecular weight is 522 g/mol. The summed E-state index contributed by atoms with van der Waals surface area (Å²) in [4.78, 5) is 27.7. The van der Waals surface area contributed by atoms with Crippen LogP contribution in [-0.2, 0) is 26.2 Å². The van der Waals surface area contributed by atoms with Crippen molar-refractivity contribution < 1.29 is 18.0 Å². The van der Waals surface area contributed by atoms with E-state index in [0.717, 1.165) is 17.4 Å². The van der Waals surface area contributed by atoms with E-state index in [0.29, 0.717) is 17.1 Å². The van der Waals surface area contributed by atoms with E-state index in [4.69, 9.17) is 11.6 Å². The summed E-state index contributed by atoms with van der Waals surface area (Å²) in [7, 11) is -3.52. The molecule has 0 bridgehead atoms. The molecule has 9 heteroatoms. The number of rotatable bonds is 10. The second-order valence-corrected chi connectivity index (χ2v) is 12.2. The van der Waals surface area contributed by atoms with Crippen LogP contribution in [0.2, 0.25) is 5.02 Å². The van der Waals surface area contributed by atoms with Crippen LogP contribution in [-0.4, -0.2) is 49.5 Å². The number of hydrogen-bond donors (Lipinski definition) is 1. The second-order valence-electron chi connectivity index (χ2n) is 9.84. The van der Waals surface area contributed by atoms with Crippen LogP contribution >= 0.6 is 11.6 Å². The summed E-state index contributed by atoms with van der Waals surface area (Å²) in [5, 5.41) is 3.51. The van der Waals surface area contributed by atoms with Crippen LogP contribution in [0.25, 0.3) is 0 Å². The number of carbonyl (C=O) groups excluding carboxylic acids is 2. The van der Waals surface area contributed by atoms with Crippen molar-refractivity contribution in [2.24, 2.45) is 0 Å². The first-order valence-corrected chi connectivity index (χ1v) is 13.8. The molecule has 192 valence electrons. The molecule has 0 aliphatic heterocycles. The minimum Gasteiger partial charge on any atom is -0.350 e. The van der Waals surface area contributed by atoms with Gasteiger partial charge in [-0.25, -0.2) is 8.42 Å². The second kappa shape index (κ2) is 11.9. The highest BCUT2D eigenvalue weighted by Crippen LogP contribution is 2.20. The number of amides is 2. The van der Waals surface area contributed by atoms with Crippen LogP contribution in [0.4, 0.5) is 5.69 Å². The first-order chi connectivity index (χ1) is 16.2. The normalized spacial score (nSPS) is 12.7. The lowest BCUT2D eigenvalue weighted by Crippen LogP contribution is -2.52. The van der Waals surface area contributed by atoms with E-state index in [2.05, 4.69) is 5.32 Å². The van der Waals surface area contributed by atoms with Crippen molar-refractivity contribution >= 4 is 39.1 Å². The maximum absolute atomic E-state index is 13.3. The molecule has 0 aliphatic carbocycles. The molecule has 0 aromatic heterocycles. The third kappa shape index (κ3) is 9.18. The van der Waals surface area contributed by atoms with Crippen LogP contribution in [0.1, 0.15) is 51.7 Å². The van der Waals surface area contributed by atoms with Gasteiger partial charge in [-0.05, 0) is 70.9 Å². The van der Waals surface area contributed by atoms with Crippen molar-refractivity contribution in [3.63, 3.8) is 0 Å². The molecule has 35 heavy (non-hydrogen) atoms. The summed E-state index contributed by atoms with van der Waals surface area (Å²) in [5.74, 6) is -0.480. The van der Waals surface area contributed by atoms with E-state index in [1.165, 1.54) is 9.21 Å². The number of carbonyl (C=O) groups is 2. The van der Waals surface area contributed by atoms with Gasteiger partial charge in [-0.1, -0.05) is 41.4 Å². The average Bonchev–Trinajstić information content (AvgIpc) is 2.74. The highest BCUT2D eigenvalue weighted by Gasteiger charge is 2.28. The van der Waals surface area contributed by atoms with Crippen LogP contribution in [0.15, 0.2) is 48.5 Å². The molecule has 0 fully saturated rings. The molecule has 2 rings (SSSR count). The Morgan fingerprint density at radius 3 is 2.11 bits per heavy atom. The summed E-state index contributed by atoms with van der Waals surface area (Å²) >= 11 is 5.99. The molecule has 0 saturated carbocycles.